The zero-order valence-corrected chi connectivity index (χ0v) is 61.7. The molecule has 29 nitrogen and oxygen atoms in total. The standard InChI is InChI=1S/C76H95N13O16S/c1-48(2)64(83-61(90)40-103-34-33-101-30-28-87-62(91)22-23-63(87)92)68(95)89(58(66(77)93)14-10-25-79-70(78)98)52-18-16-50(17-19-52)39-104-72(99)85(6)27-29-100-31-32-102-35-36-105-76-44-73(4)41-74(5,45-76)43-75(42-73,46-76)47-88-49(3)55(37-80-88)53-20-21-60(82-65(53)69(96)97)86-26-24-51-11-9-12-54(56(51)38-86)67(94)84-71-81-57-13-7-8-15-59(57)106-71/h7-9,11-13,15-23,37,48,58,64H,10,14,24-36,38-47H2,1-6H3,(H2,77,93)(H,83,90)(H,96,97)(H3,78,79,98)(H,81,84,94)/t58-,64-,73?,74?,75?,76?/m0/s1. The molecule has 4 atom stereocenters. The highest BCUT2D eigenvalue weighted by Gasteiger charge is 2.66. The van der Waals surface area contributed by atoms with Crippen molar-refractivity contribution in [2.75, 3.05) is 108 Å². The van der Waals surface area contributed by atoms with Crippen molar-refractivity contribution in [3.8, 4) is 11.1 Å². The third-order valence-corrected chi connectivity index (χ3v) is 21.4. The van der Waals surface area contributed by atoms with Crippen LogP contribution in [0.5, 0.6) is 0 Å². The number of aromatic carboxylic acids is 1. The van der Waals surface area contributed by atoms with Crippen LogP contribution >= 0.6 is 11.3 Å². The van der Waals surface area contributed by atoms with E-state index < -0.39 is 72.2 Å². The molecule has 4 aliphatic carbocycles. The van der Waals surface area contributed by atoms with Crippen LogP contribution in [0.15, 0.2) is 97.2 Å². The van der Waals surface area contributed by atoms with Crippen LogP contribution in [0.4, 0.5) is 26.2 Å². The van der Waals surface area contributed by atoms with Crippen molar-refractivity contribution in [2.24, 2.45) is 33.6 Å². The number of nitrogens with zero attached hydrogens (tertiary/aromatic N) is 8. The molecule has 3 aromatic heterocycles. The Morgan fingerprint density at radius 1 is 0.774 bits per heavy atom. The third-order valence-electron chi connectivity index (χ3n) is 20.5. The molecular formula is C76H95N13O16S. The Labute approximate surface area is 618 Å². The van der Waals surface area contributed by atoms with E-state index in [-0.39, 0.29) is 111 Å². The molecule has 12 rings (SSSR count). The molecule has 6 aliphatic rings. The first-order valence-electron chi connectivity index (χ1n) is 35.9. The average molecular weight is 1480 g/mol. The maximum absolute atomic E-state index is 14.6. The molecule has 6 aromatic rings. The molecule has 9 amide bonds. The van der Waals surface area contributed by atoms with Crippen molar-refractivity contribution in [2.45, 2.75) is 130 Å². The summed E-state index contributed by atoms with van der Waals surface area (Å²) in [6.45, 7) is 13.4. The molecular weight excluding hydrogens is 1380 g/mol. The monoisotopic (exact) mass is 1480 g/mol. The van der Waals surface area contributed by atoms with Crippen LogP contribution < -0.4 is 37.2 Å². The number of amides is 9. The number of carboxylic acids is 1. The summed E-state index contributed by atoms with van der Waals surface area (Å²) in [5, 5.41) is 24.4. The number of urea groups is 1. The second-order valence-corrected chi connectivity index (χ2v) is 30.5. The quantitative estimate of drug-likeness (QED) is 0.0162. The number of hydrogen-bond acceptors (Lipinski definition) is 20. The summed E-state index contributed by atoms with van der Waals surface area (Å²) in [5.74, 6) is -4.33. The van der Waals surface area contributed by atoms with E-state index >= 15 is 0 Å². The minimum absolute atomic E-state index is 0.00520. The van der Waals surface area contributed by atoms with Crippen LogP contribution in [-0.4, -0.2) is 199 Å². The number of aromatic nitrogens is 4. The number of fused-ring (bicyclic) bond motifs is 2. The second kappa shape index (κ2) is 33.8. The van der Waals surface area contributed by atoms with Crippen LogP contribution in [0, 0.1) is 29.1 Å². The first kappa shape index (κ1) is 77.4. The van der Waals surface area contributed by atoms with Crippen molar-refractivity contribution in [3.05, 3.63) is 131 Å². The summed E-state index contributed by atoms with van der Waals surface area (Å²) in [6, 6.07) is 20.4. The Bertz CT molecular complexity index is 4210. The summed E-state index contributed by atoms with van der Waals surface area (Å²) in [5.41, 5.74) is 16.9. The third kappa shape index (κ3) is 18.7. The first-order chi connectivity index (χ1) is 50.7. The molecule has 5 heterocycles. The highest BCUT2D eigenvalue weighted by molar-refractivity contribution is 7.22. The Morgan fingerprint density at radius 3 is 2.17 bits per heavy atom. The second-order valence-electron chi connectivity index (χ2n) is 29.5. The lowest BCUT2D eigenvalue weighted by molar-refractivity contribution is -0.250. The van der Waals surface area contributed by atoms with E-state index in [0.717, 1.165) is 70.5 Å². The number of thiazole rings is 1. The Morgan fingerprint density at radius 2 is 1.47 bits per heavy atom. The Kier molecular flexibility index (Phi) is 24.7. The van der Waals surface area contributed by atoms with Gasteiger partial charge in [-0.2, -0.15) is 5.10 Å². The number of anilines is 3. The molecule has 8 N–H and O–H groups in total. The number of imide groups is 1. The van der Waals surface area contributed by atoms with Crippen LogP contribution in [0.1, 0.15) is 122 Å². The molecule has 0 saturated heterocycles. The van der Waals surface area contributed by atoms with Crippen molar-refractivity contribution in [3.63, 3.8) is 0 Å². The van der Waals surface area contributed by atoms with Gasteiger partial charge >= 0.3 is 18.1 Å². The molecule has 30 heteroatoms. The largest absolute Gasteiger partial charge is 0.476 e. The molecule has 4 saturated carbocycles. The number of pyridine rings is 1. The first-order valence-corrected chi connectivity index (χ1v) is 36.7. The zero-order valence-electron chi connectivity index (χ0n) is 60.9. The number of para-hydroxylation sites is 1. The number of ether oxygens (including phenoxy) is 6. The summed E-state index contributed by atoms with van der Waals surface area (Å²) < 4.78 is 38.4. The van der Waals surface area contributed by atoms with Crippen molar-refractivity contribution in [1.82, 2.24) is 40.2 Å². The lowest BCUT2D eigenvalue weighted by Crippen LogP contribution is -2.64. The van der Waals surface area contributed by atoms with Gasteiger partial charge in [-0.05, 0) is 146 Å². The van der Waals surface area contributed by atoms with Gasteiger partial charge in [0.05, 0.1) is 81.4 Å². The minimum atomic E-state index is -1.22. The molecule has 0 radical (unpaired) electrons. The normalized spacial score (nSPS) is 20.6. The number of carbonyl (C=O) groups excluding carboxylic acids is 8. The molecule has 106 heavy (non-hydrogen) atoms. The molecule has 4 fully saturated rings. The van der Waals surface area contributed by atoms with Crippen LogP contribution in [0.2, 0.25) is 0 Å². The Balaban J connectivity index is 0.621. The fourth-order valence-electron chi connectivity index (χ4n) is 16.8. The van der Waals surface area contributed by atoms with Crippen molar-refractivity contribution >= 4 is 91.7 Å². The van der Waals surface area contributed by atoms with Gasteiger partial charge in [0.15, 0.2) is 10.8 Å². The number of benzene rings is 3. The van der Waals surface area contributed by atoms with E-state index in [1.807, 2.05) is 71.1 Å². The van der Waals surface area contributed by atoms with Crippen LogP contribution in [-0.2, 0) is 78.5 Å². The topological polar surface area (TPSA) is 374 Å². The number of hydrogen-bond donors (Lipinski definition) is 6. The molecule has 3 aromatic carbocycles. The molecule has 2 unspecified atom stereocenters. The smallest absolute Gasteiger partial charge is 0.409 e. The zero-order chi connectivity index (χ0) is 75.5. The van der Waals surface area contributed by atoms with Crippen molar-refractivity contribution in [1.29, 1.82) is 0 Å². The summed E-state index contributed by atoms with van der Waals surface area (Å²) in [6.07, 6.45) is 10.3. The predicted octanol–water partition coefficient (Wildman–Crippen LogP) is 7.55. The molecule has 4 bridgehead atoms. The molecule has 566 valence electrons. The van der Waals surface area contributed by atoms with E-state index in [2.05, 4.69) is 34.8 Å². The van der Waals surface area contributed by atoms with Crippen LogP contribution in [0.3, 0.4) is 0 Å². The van der Waals surface area contributed by atoms with Crippen molar-refractivity contribution < 1.29 is 76.7 Å². The predicted molar refractivity (Wildman–Crippen MR) is 393 cm³/mol. The van der Waals surface area contributed by atoms with Gasteiger partial charge < -0.3 is 65.4 Å². The number of likely N-dealkylation sites (N-methyl/N-ethyl adjacent to an activating group) is 1. The van der Waals surface area contributed by atoms with E-state index in [9.17, 15) is 48.3 Å². The minimum Gasteiger partial charge on any atom is -0.476 e. The SMILES string of the molecule is Cc1c(-c2ccc(N3CCc4cccc(C(=O)Nc5nc6ccccc6s5)c4C3)nc2C(=O)O)cnn1CC12CC3(C)CC(C)(C1)CC(OCCOCCOCCN(C)C(=O)OCc1ccc(N(C(=O)[C@@H](NC(=O)COCCOCCN4C(=O)C=CC4=O)C(C)C)[C@@H](CCCNC(N)=O)C(N)=O)cc1)(C3)C2. The summed E-state index contributed by atoms with van der Waals surface area (Å²) in [4.78, 5) is 131. The number of carbonyl (C=O) groups is 9. The van der Waals surface area contributed by atoms with Gasteiger partial charge in [0.1, 0.15) is 31.1 Å². The fraction of sp³-hybridized carbons (Fsp3) is 0.500. The summed E-state index contributed by atoms with van der Waals surface area (Å²) in [7, 11) is 1.59. The number of nitrogens with one attached hydrogen (secondary N) is 3. The number of primary amides is 2. The van der Waals surface area contributed by atoms with E-state index in [0.29, 0.717) is 79.1 Å². The molecule has 2 aliphatic heterocycles. The highest BCUT2D eigenvalue weighted by Crippen LogP contribution is 2.72. The van der Waals surface area contributed by atoms with Gasteiger partial charge in [0.25, 0.3) is 23.6 Å². The van der Waals surface area contributed by atoms with Gasteiger partial charge in [-0.25, -0.2) is 24.4 Å². The maximum Gasteiger partial charge on any atom is 0.409 e. The average Bonchev–Trinajstić information content (AvgIpc) is 0.728. The fourth-order valence-corrected chi connectivity index (χ4v) is 17.7. The molecule has 0 spiro atoms. The Hall–Kier alpha value is -9.72. The van der Waals surface area contributed by atoms with Gasteiger partial charge in [-0.15, -0.1) is 0 Å². The lowest BCUT2D eigenvalue weighted by atomic mass is 9.39. The van der Waals surface area contributed by atoms with Gasteiger partial charge in [-0.1, -0.05) is 75.4 Å². The number of nitrogens with two attached hydrogens (primary N) is 2. The van der Waals surface area contributed by atoms with Gasteiger partial charge in [-0.3, -0.25) is 48.6 Å². The van der Waals surface area contributed by atoms with Gasteiger partial charge in [0, 0.05) is 80.0 Å². The van der Waals surface area contributed by atoms with E-state index in [1.54, 1.807) is 51.4 Å². The number of carboxylic acid groups (broad SMARTS) is 1. The summed E-state index contributed by atoms with van der Waals surface area (Å²) >= 11 is 1.42. The van der Waals surface area contributed by atoms with E-state index in [4.69, 9.17) is 50.0 Å². The van der Waals surface area contributed by atoms with Crippen LogP contribution in [0.25, 0.3) is 21.3 Å². The van der Waals surface area contributed by atoms with Gasteiger partial charge in [0.2, 0.25) is 11.8 Å². The highest BCUT2D eigenvalue weighted by atomic mass is 32.1. The maximum atomic E-state index is 14.6. The lowest BCUT2D eigenvalue weighted by Gasteiger charge is -2.69. The number of rotatable bonds is 37. The van der Waals surface area contributed by atoms with E-state index in [1.165, 1.54) is 33.3 Å².